The van der Waals surface area contributed by atoms with Gasteiger partial charge >= 0.3 is 0 Å². The molecule has 0 spiro atoms. The van der Waals surface area contributed by atoms with E-state index in [1.165, 1.54) is 4.88 Å². The molecule has 0 saturated carbocycles. The van der Waals surface area contributed by atoms with E-state index in [1.807, 2.05) is 24.0 Å². The van der Waals surface area contributed by atoms with Gasteiger partial charge in [-0.15, -0.1) is 11.3 Å². The lowest BCUT2D eigenvalue weighted by molar-refractivity contribution is -0.128. The summed E-state index contributed by atoms with van der Waals surface area (Å²) in [5, 5.41) is 0.396. The number of halogens is 2. The normalized spacial score (nSPS) is 10.2. The minimum atomic E-state index is 0.136. The van der Waals surface area contributed by atoms with E-state index >= 15 is 0 Å². The second kappa shape index (κ2) is 5.88. The van der Waals surface area contributed by atoms with Crippen LogP contribution in [0.2, 0.25) is 0 Å². The Kier molecular flexibility index (Phi) is 5.12. The van der Waals surface area contributed by atoms with Gasteiger partial charge in [-0.3, -0.25) is 4.79 Å². The summed E-state index contributed by atoms with van der Waals surface area (Å²) in [6.45, 7) is 3.44. The Morgan fingerprint density at radius 2 is 2.29 bits per heavy atom. The molecule has 2 nitrogen and oxygen atoms in total. The molecule has 78 valence electrons. The molecule has 0 bridgehead atoms. The van der Waals surface area contributed by atoms with Crippen molar-refractivity contribution in [1.82, 2.24) is 4.90 Å². The fourth-order valence-corrected chi connectivity index (χ4v) is 2.94. The maximum atomic E-state index is 11.4. The summed E-state index contributed by atoms with van der Waals surface area (Å²) >= 11 is 8.25. The summed E-state index contributed by atoms with van der Waals surface area (Å²) in [5.74, 6) is 0.136. The molecule has 1 aromatic rings. The molecule has 5 heteroatoms. The van der Waals surface area contributed by atoms with Gasteiger partial charge in [-0.25, -0.2) is 0 Å². The maximum absolute atomic E-state index is 11.4. The van der Waals surface area contributed by atoms with Crippen molar-refractivity contribution in [3.8, 4) is 0 Å². The molecule has 0 saturated heterocycles. The zero-order valence-electron chi connectivity index (χ0n) is 7.80. The van der Waals surface area contributed by atoms with E-state index in [0.29, 0.717) is 11.9 Å². The van der Waals surface area contributed by atoms with Crippen molar-refractivity contribution in [2.45, 2.75) is 13.5 Å². The first-order chi connectivity index (χ1) is 6.67. The predicted octanol–water partition coefficient (Wildman–Crippen LogP) is 3.25. The van der Waals surface area contributed by atoms with Crippen LogP contribution < -0.4 is 0 Å². The van der Waals surface area contributed by atoms with Crippen LogP contribution in [0.4, 0.5) is 0 Å². The fourth-order valence-electron chi connectivity index (χ4n) is 1.09. The highest BCUT2D eigenvalue weighted by Crippen LogP contribution is 2.23. The molecule has 0 aliphatic carbocycles. The quantitative estimate of drug-likeness (QED) is 0.770. The maximum Gasteiger partial charge on any atom is 0.233 e. The van der Waals surface area contributed by atoms with E-state index < -0.39 is 0 Å². The monoisotopic (exact) mass is 339 g/mol. The average Bonchev–Trinajstić information content (AvgIpc) is 2.59. The Hall–Kier alpha value is 0.130. The van der Waals surface area contributed by atoms with E-state index in [0.717, 1.165) is 10.3 Å². The number of hydrogen-bond donors (Lipinski definition) is 0. The molecular weight excluding hydrogens is 330 g/mol. The van der Waals surface area contributed by atoms with Crippen molar-refractivity contribution in [1.29, 1.82) is 0 Å². The van der Waals surface area contributed by atoms with E-state index in [1.54, 1.807) is 11.3 Å². The molecule has 0 fully saturated rings. The average molecular weight is 341 g/mol. The van der Waals surface area contributed by atoms with Crippen molar-refractivity contribution in [3.05, 3.63) is 20.8 Å². The van der Waals surface area contributed by atoms with Gasteiger partial charge in [-0.05, 0) is 35.0 Å². The predicted molar refractivity (Wildman–Crippen MR) is 66.9 cm³/mol. The largest absolute Gasteiger partial charge is 0.337 e. The van der Waals surface area contributed by atoms with Crippen LogP contribution in [-0.2, 0) is 11.3 Å². The van der Waals surface area contributed by atoms with Gasteiger partial charge in [-0.2, -0.15) is 0 Å². The summed E-state index contributed by atoms with van der Waals surface area (Å²) in [4.78, 5) is 14.5. The van der Waals surface area contributed by atoms with E-state index in [-0.39, 0.29) is 5.91 Å². The minimum Gasteiger partial charge on any atom is -0.337 e. The lowest BCUT2D eigenvalue weighted by atomic mass is 10.4. The molecule has 0 N–H and O–H groups in total. The molecule has 0 unspecified atom stereocenters. The van der Waals surface area contributed by atoms with Gasteiger partial charge in [0.2, 0.25) is 5.91 Å². The number of hydrogen-bond acceptors (Lipinski definition) is 2. The van der Waals surface area contributed by atoms with E-state index in [9.17, 15) is 4.79 Å². The van der Waals surface area contributed by atoms with Gasteiger partial charge < -0.3 is 4.90 Å². The Bertz CT molecular complexity index is 314. The zero-order valence-corrected chi connectivity index (χ0v) is 11.8. The Labute approximate surface area is 105 Å². The number of carbonyl (C=O) groups is 1. The third kappa shape index (κ3) is 3.37. The zero-order chi connectivity index (χ0) is 10.6. The van der Waals surface area contributed by atoms with Gasteiger partial charge in [0.15, 0.2) is 0 Å². The molecule has 0 aromatic carbocycles. The third-order valence-electron chi connectivity index (χ3n) is 1.82. The molecular formula is C9H11Br2NOS. The summed E-state index contributed by atoms with van der Waals surface area (Å²) in [5.41, 5.74) is 0. The molecule has 14 heavy (non-hydrogen) atoms. The second-order valence-electron chi connectivity index (χ2n) is 2.75. The highest BCUT2D eigenvalue weighted by molar-refractivity contribution is 9.11. The van der Waals surface area contributed by atoms with Crippen LogP contribution in [0.3, 0.4) is 0 Å². The van der Waals surface area contributed by atoms with Crippen LogP contribution in [-0.4, -0.2) is 22.7 Å². The number of amides is 1. The molecule has 0 radical (unpaired) electrons. The van der Waals surface area contributed by atoms with Crippen molar-refractivity contribution in [2.75, 3.05) is 11.9 Å². The van der Waals surface area contributed by atoms with Crippen LogP contribution >= 0.6 is 43.2 Å². The smallest absolute Gasteiger partial charge is 0.233 e. The van der Waals surface area contributed by atoms with Crippen LogP contribution in [0.5, 0.6) is 0 Å². The van der Waals surface area contributed by atoms with Crippen LogP contribution in [0.15, 0.2) is 15.9 Å². The van der Waals surface area contributed by atoms with Gasteiger partial charge in [0.05, 0.1) is 15.7 Å². The number of thiophene rings is 1. The summed E-state index contributed by atoms with van der Waals surface area (Å²) in [6.07, 6.45) is 0. The Balaban J connectivity index is 2.61. The highest BCUT2D eigenvalue weighted by atomic mass is 79.9. The lowest BCUT2D eigenvalue weighted by Gasteiger charge is -2.18. The van der Waals surface area contributed by atoms with Crippen LogP contribution in [0, 0.1) is 0 Å². The molecule has 1 rings (SSSR count). The van der Waals surface area contributed by atoms with Crippen LogP contribution in [0.1, 0.15) is 11.8 Å². The second-order valence-corrected chi connectivity index (χ2v) is 5.86. The standard InChI is InChI=1S/C9H11Br2NOS/c1-2-12(9(13)5-10)6-7-3-4-8(11)14-7/h3-4H,2,5-6H2,1H3. The molecule has 1 aromatic heterocycles. The first kappa shape index (κ1) is 12.2. The van der Waals surface area contributed by atoms with Crippen molar-refractivity contribution in [3.63, 3.8) is 0 Å². The molecule has 0 aliphatic heterocycles. The lowest BCUT2D eigenvalue weighted by Crippen LogP contribution is -2.30. The third-order valence-corrected chi connectivity index (χ3v) is 3.91. The SMILES string of the molecule is CCN(Cc1ccc(Br)s1)C(=O)CBr. The summed E-state index contributed by atoms with van der Waals surface area (Å²) in [6, 6.07) is 4.05. The number of rotatable bonds is 4. The molecule has 1 amide bonds. The van der Waals surface area contributed by atoms with E-state index in [2.05, 4.69) is 31.9 Å². The van der Waals surface area contributed by atoms with Gasteiger partial charge in [0.1, 0.15) is 0 Å². The number of carbonyl (C=O) groups excluding carboxylic acids is 1. The number of alkyl halides is 1. The molecule has 1 heterocycles. The van der Waals surface area contributed by atoms with Gasteiger partial charge in [-0.1, -0.05) is 15.9 Å². The van der Waals surface area contributed by atoms with Gasteiger partial charge in [0.25, 0.3) is 0 Å². The van der Waals surface area contributed by atoms with E-state index in [4.69, 9.17) is 0 Å². The fraction of sp³-hybridized carbons (Fsp3) is 0.444. The Morgan fingerprint density at radius 3 is 2.71 bits per heavy atom. The Morgan fingerprint density at radius 1 is 1.57 bits per heavy atom. The summed E-state index contributed by atoms with van der Waals surface area (Å²) < 4.78 is 1.11. The van der Waals surface area contributed by atoms with Crippen molar-refractivity contribution in [2.24, 2.45) is 0 Å². The summed E-state index contributed by atoms with van der Waals surface area (Å²) in [7, 11) is 0. The minimum absolute atomic E-state index is 0.136. The van der Waals surface area contributed by atoms with Gasteiger partial charge in [0, 0.05) is 11.4 Å². The van der Waals surface area contributed by atoms with Crippen molar-refractivity contribution >= 4 is 49.1 Å². The first-order valence-electron chi connectivity index (χ1n) is 4.25. The first-order valence-corrected chi connectivity index (χ1v) is 6.98. The van der Waals surface area contributed by atoms with Crippen molar-refractivity contribution < 1.29 is 4.79 Å². The van der Waals surface area contributed by atoms with Crippen LogP contribution in [0.25, 0.3) is 0 Å². The topological polar surface area (TPSA) is 20.3 Å². The highest BCUT2D eigenvalue weighted by Gasteiger charge is 2.11. The molecule has 0 atom stereocenters. The molecule has 0 aliphatic rings. The number of nitrogens with zero attached hydrogens (tertiary/aromatic N) is 1.